The van der Waals surface area contributed by atoms with Gasteiger partial charge in [-0.2, -0.15) is 0 Å². The molecule has 2 heterocycles. The van der Waals surface area contributed by atoms with E-state index >= 15 is 0 Å². The van der Waals surface area contributed by atoms with E-state index in [0.29, 0.717) is 17.3 Å². The molecule has 94 valence electrons. The van der Waals surface area contributed by atoms with Crippen molar-refractivity contribution in [1.29, 1.82) is 0 Å². The van der Waals surface area contributed by atoms with Crippen LogP contribution in [-0.2, 0) is 6.61 Å². The number of hydrogen-bond acceptors (Lipinski definition) is 4. The van der Waals surface area contributed by atoms with Crippen LogP contribution in [0.25, 0.3) is 10.9 Å². The molecule has 1 N–H and O–H groups in total. The zero-order chi connectivity index (χ0) is 13.1. The molecule has 0 aliphatic heterocycles. The van der Waals surface area contributed by atoms with E-state index in [0.717, 1.165) is 10.9 Å². The van der Waals surface area contributed by atoms with Gasteiger partial charge in [0.2, 0.25) is 5.88 Å². The highest BCUT2D eigenvalue weighted by Crippen LogP contribution is 2.27. The highest BCUT2D eigenvalue weighted by Gasteiger charge is 2.05. The Balaban J connectivity index is 2.01. The maximum Gasteiger partial charge on any atom is 0.219 e. The Hall–Kier alpha value is -2.46. The zero-order valence-electron chi connectivity index (χ0n) is 10.2. The Kier molecular flexibility index (Phi) is 3.08. The number of hydrogen-bond donors (Lipinski definition) is 1. The van der Waals surface area contributed by atoms with Crippen LogP contribution in [0.2, 0.25) is 0 Å². The van der Waals surface area contributed by atoms with Crippen molar-refractivity contribution in [2.75, 3.05) is 0 Å². The van der Waals surface area contributed by atoms with Crippen molar-refractivity contribution in [2.24, 2.45) is 0 Å². The zero-order valence-corrected chi connectivity index (χ0v) is 10.2. The monoisotopic (exact) mass is 252 g/mol. The van der Waals surface area contributed by atoms with Crippen LogP contribution in [0.15, 0.2) is 54.7 Å². The van der Waals surface area contributed by atoms with Crippen LogP contribution in [0.4, 0.5) is 0 Å². The first-order valence-electron chi connectivity index (χ1n) is 5.95. The first kappa shape index (κ1) is 11.6. The molecule has 1 aromatic carbocycles. The molecule has 3 rings (SSSR count). The van der Waals surface area contributed by atoms with Gasteiger partial charge in [0.25, 0.3) is 0 Å². The molecule has 0 fully saturated rings. The molecule has 0 spiro atoms. The summed E-state index contributed by atoms with van der Waals surface area (Å²) in [6.07, 6.45) is 1.75. The summed E-state index contributed by atoms with van der Waals surface area (Å²) < 4.78 is 5.77. The van der Waals surface area contributed by atoms with Crippen molar-refractivity contribution in [3.05, 3.63) is 60.4 Å². The van der Waals surface area contributed by atoms with Gasteiger partial charge in [-0.3, -0.25) is 4.98 Å². The van der Waals surface area contributed by atoms with Gasteiger partial charge >= 0.3 is 0 Å². The van der Waals surface area contributed by atoms with Crippen LogP contribution < -0.4 is 4.74 Å². The second-order valence-corrected chi connectivity index (χ2v) is 4.05. The fraction of sp³-hybridized carbons (Fsp3) is 0.0667. The smallest absolute Gasteiger partial charge is 0.219 e. The number of ether oxygens (including phenoxy) is 1. The van der Waals surface area contributed by atoms with E-state index < -0.39 is 0 Å². The lowest BCUT2D eigenvalue weighted by atomic mass is 10.2. The lowest BCUT2D eigenvalue weighted by Gasteiger charge is -2.08. The average molecular weight is 252 g/mol. The summed E-state index contributed by atoms with van der Waals surface area (Å²) in [4.78, 5) is 8.48. The van der Waals surface area contributed by atoms with Crippen LogP contribution >= 0.6 is 0 Å². The minimum atomic E-state index is -0.103. The molecule has 0 amide bonds. The summed E-state index contributed by atoms with van der Waals surface area (Å²) in [6.45, 7) is -0.103. The molecule has 0 radical (unpaired) electrons. The SMILES string of the molecule is OCc1cccc(Oc2cccc3ncccc23)n1. The highest BCUT2D eigenvalue weighted by atomic mass is 16.5. The third kappa shape index (κ3) is 2.39. The molecule has 0 aliphatic carbocycles. The molecule has 2 aromatic heterocycles. The summed E-state index contributed by atoms with van der Waals surface area (Å²) in [6, 6.07) is 14.8. The number of nitrogens with zero attached hydrogens (tertiary/aromatic N) is 2. The average Bonchev–Trinajstić information content (AvgIpc) is 2.48. The molecule has 3 aromatic rings. The number of aliphatic hydroxyl groups excluding tert-OH is 1. The van der Waals surface area contributed by atoms with Crippen molar-refractivity contribution in [3.63, 3.8) is 0 Å². The molecule has 0 saturated heterocycles. The number of benzene rings is 1. The molecule has 0 saturated carbocycles. The number of pyridine rings is 2. The maximum atomic E-state index is 9.07. The molecular weight excluding hydrogens is 240 g/mol. The van der Waals surface area contributed by atoms with Crippen molar-refractivity contribution < 1.29 is 9.84 Å². The van der Waals surface area contributed by atoms with Crippen molar-refractivity contribution in [1.82, 2.24) is 9.97 Å². The molecule has 19 heavy (non-hydrogen) atoms. The molecular formula is C15H12N2O2. The minimum absolute atomic E-state index is 0.103. The summed E-state index contributed by atoms with van der Waals surface area (Å²) in [7, 11) is 0. The van der Waals surface area contributed by atoms with Gasteiger partial charge in [-0.05, 0) is 30.3 Å². The number of rotatable bonds is 3. The fourth-order valence-corrected chi connectivity index (χ4v) is 1.88. The maximum absolute atomic E-state index is 9.07. The Bertz CT molecular complexity index is 708. The lowest BCUT2D eigenvalue weighted by molar-refractivity contribution is 0.275. The molecule has 4 nitrogen and oxygen atoms in total. The van der Waals surface area contributed by atoms with Crippen LogP contribution in [0.5, 0.6) is 11.6 Å². The molecule has 0 aliphatic rings. The van der Waals surface area contributed by atoms with E-state index in [9.17, 15) is 0 Å². The van der Waals surface area contributed by atoms with Gasteiger partial charge in [-0.25, -0.2) is 4.98 Å². The summed E-state index contributed by atoms with van der Waals surface area (Å²) in [5.41, 5.74) is 1.45. The fourth-order valence-electron chi connectivity index (χ4n) is 1.88. The first-order valence-corrected chi connectivity index (χ1v) is 5.95. The lowest BCUT2D eigenvalue weighted by Crippen LogP contribution is -1.93. The number of aromatic nitrogens is 2. The quantitative estimate of drug-likeness (QED) is 0.778. The largest absolute Gasteiger partial charge is 0.438 e. The van der Waals surface area contributed by atoms with Crippen LogP contribution in [0, 0.1) is 0 Å². The molecule has 0 bridgehead atoms. The third-order valence-electron chi connectivity index (χ3n) is 2.76. The summed E-state index contributed by atoms with van der Waals surface area (Å²) >= 11 is 0. The number of fused-ring (bicyclic) bond motifs is 1. The van der Waals surface area contributed by atoms with E-state index in [-0.39, 0.29) is 6.61 Å². The standard InChI is InChI=1S/C15H12N2O2/c18-10-11-4-1-8-15(17-11)19-14-7-2-6-13-12(14)5-3-9-16-13/h1-9,18H,10H2. The van der Waals surface area contributed by atoms with Crippen molar-refractivity contribution in [3.8, 4) is 11.6 Å². The van der Waals surface area contributed by atoms with Gasteiger partial charge in [0, 0.05) is 17.6 Å². The van der Waals surface area contributed by atoms with Gasteiger partial charge in [-0.15, -0.1) is 0 Å². The van der Waals surface area contributed by atoms with Gasteiger partial charge in [0.1, 0.15) is 5.75 Å². The summed E-state index contributed by atoms with van der Waals surface area (Å²) in [5, 5.41) is 10.0. The Labute approximate surface area is 110 Å². The predicted octanol–water partition coefficient (Wildman–Crippen LogP) is 2.91. The van der Waals surface area contributed by atoms with Crippen molar-refractivity contribution in [2.45, 2.75) is 6.61 Å². The van der Waals surface area contributed by atoms with E-state index in [1.165, 1.54) is 0 Å². The van der Waals surface area contributed by atoms with E-state index in [1.54, 1.807) is 24.4 Å². The van der Waals surface area contributed by atoms with Crippen LogP contribution in [0.3, 0.4) is 0 Å². The molecule has 4 heteroatoms. The Morgan fingerprint density at radius 1 is 1.00 bits per heavy atom. The van der Waals surface area contributed by atoms with E-state index in [1.807, 2.05) is 30.3 Å². The van der Waals surface area contributed by atoms with Gasteiger partial charge < -0.3 is 9.84 Å². The van der Waals surface area contributed by atoms with Crippen molar-refractivity contribution >= 4 is 10.9 Å². The van der Waals surface area contributed by atoms with E-state index in [4.69, 9.17) is 9.84 Å². The molecule has 0 atom stereocenters. The highest BCUT2D eigenvalue weighted by molar-refractivity contribution is 5.85. The van der Waals surface area contributed by atoms with Crippen LogP contribution in [-0.4, -0.2) is 15.1 Å². The first-order chi connectivity index (χ1) is 9.36. The van der Waals surface area contributed by atoms with Crippen LogP contribution in [0.1, 0.15) is 5.69 Å². The Morgan fingerprint density at radius 3 is 2.79 bits per heavy atom. The van der Waals surface area contributed by atoms with Gasteiger partial charge in [0.15, 0.2) is 0 Å². The minimum Gasteiger partial charge on any atom is -0.438 e. The third-order valence-corrected chi connectivity index (χ3v) is 2.76. The normalized spacial score (nSPS) is 10.6. The second-order valence-electron chi connectivity index (χ2n) is 4.05. The van der Waals surface area contributed by atoms with E-state index in [2.05, 4.69) is 9.97 Å². The number of aliphatic hydroxyl groups is 1. The van der Waals surface area contributed by atoms with Gasteiger partial charge in [0.05, 0.1) is 17.8 Å². The predicted molar refractivity (Wildman–Crippen MR) is 72.0 cm³/mol. The summed E-state index contributed by atoms with van der Waals surface area (Å²) in [5.74, 6) is 1.16. The second kappa shape index (κ2) is 5.04. The van der Waals surface area contributed by atoms with Gasteiger partial charge in [-0.1, -0.05) is 12.1 Å². The Morgan fingerprint density at radius 2 is 1.89 bits per heavy atom. The topological polar surface area (TPSA) is 55.2 Å². The molecule has 0 unspecified atom stereocenters.